The Morgan fingerprint density at radius 2 is 1.97 bits per heavy atom. The number of hydrogen-bond donors (Lipinski definition) is 1. The molecule has 0 amide bonds. The molecule has 2 atom stereocenters. The topological polar surface area (TPSA) is 105 Å². The summed E-state index contributed by atoms with van der Waals surface area (Å²) < 4.78 is 41.3. The van der Waals surface area contributed by atoms with E-state index in [4.69, 9.17) is 17.3 Å². The summed E-state index contributed by atoms with van der Waals surface area (Å²) in [5.74, 6) is -2.15. The lowest BCUT2D eigenvalue weighted by Gasteiger charge is -2.28. The number of allylic oxidation sites excluding steroid dienone is 1. The molecule has 0 aliphatic carbocycles. The molecule has 174 valence electrons. The number of sulfone groups is 1. The van der Waals surface area contributed by atoms with Crippen LogP contribution in [0.5, 0.6) is 0 Å². The first kappa shape index (κ1) is 23.5. The van der Waals surface area contributed by atoms with Gasteiger partial charge in [0.1, 0.15) is 5.82 Å². The lowest BCUT2D eigenvalue weighted by molar-refractivity contribution is -0.120. The Hall–Kier alpha value is -2.62. The largest absolute Gasteiger partial charge is 0.321 e. The van der Waals surface area contributed by atoms with Crippen LogP contribution in [0.4, 0.5) is 10.1 Å². The van der Waals surface area contributed by atoms with Gasteiger partial charge in [0.2, 0.25) is 0 Å². The molecule has 4 rings (SSSR count). The maximum absolute atomic E-state index is 15.1. The van der Waals surface area contributed by atoms with Crippen LogP contribution in [0.25, 0.3) is 0 Å². The van der Waals surface area contributed by atoms with Crippen LogP contribution in [-0.2, 0) is 21.1 Å². The Morgan fingerprint density at radius 1 is 1.24 bits per heavy atom. The van der Waals surface area contributed by atoms with E-state index in [1.54, 1.807) is 12.1 Å². The van der Waals surface area contributed by atoms with Crippen molar-refractivity contribution >= 4 is 32.9 Å². The second-order valence-corrected chi connectivity index (χ2v) is 10.7. The molecule has 7 nitrogen and oxygen atoms in total. The second-order valence-electron chi connectivity index (χ2n) is 8.25. The number of anilines is 1. The average molecular weight is 491 g/mol. The fourth-order valence-electron chi connectivity index (χ4n) is 4.10. The van der Waals surface area contributed by atoms with E-state index in [2.05, 4.69) is 10.3 Å². The Bertz CT molecular complexity index is 1250. The van der Waals surface area contributed by atoms with Gasteiger partial charge in [-0.1, -0.05) is 35.9 Å². The number of halogens is 2. The van der Waals surface area contributed by atoms with Crippen LogP contribution in [0.15, 0.2) is 63.4 Å². The molecule has 0 fully saturated rings. The van der Waals surface area contributed by atoms with Crippen molar-refractivity contribution < 1.29 is 17.6 Å². The fourth-order valence-corrected chi connectivity index (χ4v) is 5.93. The number of carbonyl (C=O) groups is 1. The van der Waals surface area contributed by atoms with E-state index in [0.717, 1.165) is 17.3 Å². The van der Waals surface area contributed by atoms with E-state index in [-0.39, 0.29) is 22.8 Å². The molecule has 0 radical (unpaired) electrons. The van der Waals surface area contributed by atoms with E-state index >= 15 is 4.39 Å². The smallest absolute Gasteiger partial charge is 0.180 e. The molecule has 2 N–H and O–H groups in total. The fraction of sp³-hybridized carbons (Fsp3) is 0.348. The van der Waals surface area contributed by atoms with Gasteiger partial charge in [-0.3, -0.25) is 4.79 Å². The predicted octanol–water partition coefficient (Wildman–Crippen LogP) is 4.36. The molecule has 0 bridgehead atoms. The number of fused-ring (bicyclic) bond motifs is 1. The predicted molar refractivity (Wildman–Crippen MR) is 125 cm³/mol. The highest BCUT2D eigenvalue weighted by Crippen LogP contribution is 2.38. The molecule has 2 aliphatic rings. The molecule has 0 aromatic heterocycles. The van der Waals surface area contributed by atoms with Gasteiger partial charge in [-0.2, -0.15) is 0 Å². The average Bonchev–Trinajstić information content (AvgIpc) is 2.79. The van der Waals surface area contributed by atoms with E-state index in [1.807, 2.05) is 25.1 Å². The van der Waals surface area contributed by atoms with Crippen LogP contribution in [0, 0.1) is 5.82 Å². The number of Topliss-reactive ketones (excluding diaryl/α,β-unsaturated/α-hetero) is 1. The maximum atomic E-state index is 15.1. The summed E-state index contributed by atoms with van der Waals surface area (Å²) >= 11 is 5.99. The minimum atomic E-state index is -3.99. The molecular weight excluding hydrogens is 467 g/mol. The van der Waals surface area contributed by atoms with Gasteiger partial charge in [0.15, 0.2) is 15.6 Å². The molecule has 2 aromatic carbocycles. The molecule has 2 aliphatic heterocycles. The first-order chi connectivity index (χ1) is 15.7. The third-order valence-electron chi connectivity index (χ3n) is 5.93. The molecule has 2 aromatic rings. The van der Waals surface area contributed by atoms with E-state index in [1.165, 1.54) is 11.1 Å². The Balaban J connectivity index is 1.82. The first-order valence-electron chi connectivity index (χ1n) is 10.6. The molecule has 10 heteroatoms. The molecule has 2 heterocycles. The van der Waals surface area contributed by atoms with Crippen LogP contribution >= 0.6 is 11.6 Å². The summed E-state index contributed by atoms with van der Waals surface area (Å²) in [7, 11) is -3.99. The summed E-state index contributed by atoms with van der Waals surface area (Å²) in [5, 5.41) is 10.1. The van der Waals surface area contributed by atoms with E-state index < -0.39 is 33.4 Å². The minimum absolute atomic E-state index is 0.0405. The molecule has 0 spiro atoms. The van der Waals surface area contributed by atoms with Crippen LogP contribution in [0.1, 0.15) is 36.8 Å². The molecular formula is C23H24ClFN4O3S. The van der Waals surface area contributed by atoms with Gasteiger partial charge in [-0.05, 0) is 60.2 Å². The van der Waals surface area contributed by atoms with Gasteiger partial charge in [-0.15, -0.1) is 5.11 Å². The van der Waals surface area contributed by atoms with E-state index in [9.17, 15) is 13.2 Å². The zero-order chi connectivity index (χ0) is 23.8. The Kier molecular flexibility index (Phi) is 6.65. The standard InChI is InChI=1S/C23H24ClFN4O3S/c1-2-17-7-8-29(28-27-17)21-11-18-15(9-14-3-5-16(24)6-4-14)10-22(30)20(26)13-33(31,32)23(18)12-19(21)25/h3-7,11-12,15,20H,2,8-10,13,26H2,1H3/t15?,20-/m0/s1. The van der Waals surface area contributed by atoms with Crippen molar-refractivity contribution in [3.8, 4) is 0 Å². The third kappa shape index (κ3) is 5.00. The summed E-state index contributed by atoms with van der Waals surface area (Å²) in [4.78, 5) is 12.6. The zero-order valence-electron chi connectivity index (χ0n) is 18.0. The number of nitrogens with zero attached hydrogens (tertiary/aromatic N) is 3. The Morgan fingerprint density at radius 3 is 2.61 bits per heavy atom. The third-order valence-corrected chi connectivity index (χ3v) is 8.00. The molecule has 0 saturated heterocycles. The number of hydrogen-bond acceptors (Lipinski definition) is 7. The van der Waals surface area contributed by atoms with Crippen molar-refractivity contribution in [3.05, 3.63) is 70.1 Å². The summed E-state index contributed by atoms with van der Waals surface area (Å²) in [6, 6.07) is 8.44. The van der Waals surface area contributed by atoms with Gasteiger partial charge in [-0.25, -0.2) is 17.8 Å². The van der Waals surface area contributed by atoms with Crippen LogP contribution in [0.3, 0.4) is 0 Å². The normalized spacial score (nSPS) is 22.4. The van der Waals surface area contributed by atoms with Gasteiger partial charge >= 0.3 is 0 Å². The van der Waals surface area contributed by atoms with Crippen molar-refractivity contribution in [2.24, 2.45) is 16.1 Å². The SMILES string of the molecule is CCC1=CCN(c2cc3c(cc2F)S(=O)(=O)C[C@H](N)C(=O)CC3Cc2ccc(Cl)cc2)N=N1. The zero-order valence-corrected chi connectivity index (χ0v) is 19.6. The van der Waals surface area contributed by atoms with Crippen molar-refractivity contribution in [1.82, 2.24) is 0 Å². The second kappa shape index (κ2) is 9.32. The molecule has 33 heavy (non-hydrogen) atoms. The number of carbonyl (C=O) groups excluding carboxylic acids is 1. The lowest BCUT2D eigenvalue weighted by atomic mass is 9.86. The van der Waals surface area contributed by atoms with Gasteiger partial charge in [0.05, 0.1) is 34.6 Å². The minimum Gasteiger partial charge on any atom is -0.321 e. The lowest BCUT2D eigenvalue weighted by Crippen LogP contribution is -2.40. The highest BCUT2D eigenvalue weighted by Gasteiger charge is 2.35. The van der Waals surface area contributed by atoms with Crippen LogP contribution < -0.4 is 10.7 Å². The maximum Gasteiger partial charge on any atom is 0.180 e. The first-order valence-corrected chi connectivity index (χ1v) is 12.7. The quantitative estimate of drug-likeness (QED) is 0.685. The number of ketones is 1. The van der Waals surface area contributed by atoms with E-state index in [0.29, 0.717) is 30.0 Å². The van der Waals surface area contributed by atoms with Crippen LogP contribution in [-0.4, -0.2) is 32.5 Å². The van der Waals surface area contributed by atoms with Crippen molar-refractivity contribution in [1.29, 1.82) is 0 Å². The number of benzene rings is 2. The van der Waals surface area contributed by atoms with Gasteiger partial charge in [0.25, 0.3) is 0 Å². The monoisotopic (exact) mass is 490 g/mol. The molecule has 1 unspecified atom stereocenters. The van der Waals surface area contributed by atoms with Crippen molar-refractivity contribution in [2.75, 3.05) is 17.3 Å². The number of rotatable bonds is 4. The highest BCUT2D eigenvalue weighted by molar-refractivity contribution is 7.91. The summed E-state index contributed by atoms with van der Waals surface area (Å²) in [6.07, 6.45) is 2.95. The van der Waals surface area contributed by atoms with Gasteiger partial charge < -0.3 is 5.73 Å². The van der Waals surface area contributed by atoms with Crippen molar-refractivity contribution in [3.63, 3.8) is 0 Å². The molecule has 0 saturated carbocycles. The Labute approximate surface area is 197 Å². The highest BCUT2D eigenvalue weighted by atomic mass is 35.5. The van der Waals surface area contributed by atoms with Crippen LogP contribution in [0.2, 0.25) is 5.02 Å². The summed E-state index contributed by atoms with van der Waals surface area (Å²) in [5.41, 5.74) is 8.03. The van der Waals surface area contributed by atoms with Gasteiger partial charge in [0, 0.05) is 11.4 Å². The van der Waals surface area contributed by atoms with Crippen molar-refractivity contribution in [2.45, 2.75) is 43.0 Å². The number of nitrogens with two attached hydrogens (primary N) is 1. The summed E-state index contributed by atoms with van der Waals surface area (Å²) in [6.45, 7) is 2.25.